The van der Waals surface area contributed by atoms with Crippen LogP contribution in [-0.4, -0.2) is 18.0 Å². The van der Waals surface area contributed by atoms with E-state index in [1.807, 2.05) is 0 Å². The number of non-ortho nitro benzene ring substituents is 1. The van der Waals surface area contributed by atoms with Gasteiger partial charge in [-0.15, -0.1) is 0 Å². The quantitative estimate of drug-likeness (QED) is 0.278. The summed E-state index contributed by atoms with van der Waals surface area (Å²) >= 11 is 0. The highest BCUT2D eigenvalue weighted by molar-refractivity contribution is 5.89. The number of methoxy groups -OCH3 is 1. The minimum atomic E-state index is -0.813. The standard InChI is InChI=1S/C16H12FNO5/c1-22-14-8-7-12(18(20)21)10-15(14)23-16(19)9-6-11-4-2-3-5-13(11)17/h2-10H,1H3/b9-6+. The maximum atomic E-state index is 13.4. The second-order valence-corrected chi connectivity index (χ2v) is 4.37. The van der Waals surface area contributed by atoms with Crippen molar-refractivity contribution in [1.29, 1.82) is 0 Å². The van der Waals surface area contributed by atoms with E-state index >= 15 is 0 Å². The lowest BCUT2D eigenvalue weighted by atomic mass is 10.2. The van der Waals surface area contributed by atoms with Crippen molar-refractivity contribution in [2.75, 3.05) is 7.11 Å². The Morgan fingerprint density at radius 2 is 1.96 bits per heavy atom. The zero-order valence-electron chi connectivity index (χ0n) is 12.1. The molecular weight excluding hydrogens is 305 g/mol. The van der Waals surface area contributed by atoms with Crippen LogP contribution in [0.2, 0.25) is 0 Å². The number of hydrogen-bond donors (Lipinski definition) is 0. The Morgan fingerprint density at radius 3 is 2.61 bits per heavy atom. The molecule has 0 unspecified atom stereocenters. The van der Waals surface area contributed by atoms with Crippen LogP contribution in [0.4, 0.5) is 10.1 Å². The number of rotatable bonds is 5. The average Bonchev–Trinajstić information content (AvgIpc) is 2.54. The maximum absolute atomic E-state index is 13.4. The summed E-state index contributed by atoms with van der Waals surface area (Å²) in [6.45, 7) is 0. The molecule has 2 aromatic rings. The molecule has 0 N–H and O–H groups in total. The van der Waals surface area contributed by atoms with Crippen molar-refractivity contribution in [1.82, 2.24) is 0 Å². The summed E-state index contributed by atoms with van der Waals surface area (Å²) in [5.41, 5.74) is -0.0258. The van der Waals surface area contributed by atoms with E-state index in [-0.39, 0.29) is 22.7 Å². The molecule has 0 aliphatic rings. The smallest absolute Gasteiger partial charge is 0.336 e. The fraction of sp³-hybridized carbons (Fsp3) is 0.0625. The van der Waals surface area contributed by atoms with Crippen LogP contribution in [0.15, 0.2) is 48.5 Å². The highest BCUT2D eigenvalue weighted by Gasteiger charge is 2.14. The molecule has 2 aromatic carbocycles. The Hall–Kier alpha value is -3.22. The highest BCUT2D eigenvalue weighted by Crippen LogP contribution is 2.31. The third-order valence-corrected chi connectivity index (χ3v) is 2.87. The summed E-state index contributed by atoms with van der Waals surface area (Å²) in [6, 6.07) is 9.53. The second kappa shape index (κ2) is 7.17. The summed E-state index contributed by atoms with van der Waals surface area (Å²) in [6.07, 6.45) is 2.28. The van der Waals surface area contributed by atoms with Crippen LogP contribution >= 0.6 is 0 Å². The van der Waals surface area contributed by atoms with E-state index in [0.29, 0.717) is 0 Å². The number of nitro groups is 1. The third kappa shape index (κ3) is 4.13. The Morgan fingerprint density at radius 1 is 1.22 bits per heavy atom. The Balaban J connectivity index is 2.18. The molecule has 0 aliphatic carbocycles. The molecule has 0 aliphatic heterocycles. The normalized spacial score (nSPS) is 10.5. The highest BCUT2D eigenvalue weighted by atomic mass is 19.1. The van der Waals surface area contributed by atoms with Crippen LogP contribution in [0, 0.1) is 15.9 Å². The number of carbonyl (C=O) groups excluding carboxylic acids is 1. The minimum absolute atomic E-state index is 0.0927. The Labute approximate surface area is 130 Å². The molecule has 0 fully saturated rings. The van der Waals surface area contributed by atoms with Crippen LogP contribution in [0.5, 0.6) is 11.5 Å². The van der Waals surface area contributed by atoms with Crippen molar-refractivity contribution in [2.45, 2.75) is 0 Å². The van der Waals surface area contributed by atoms with E-state index < -0.39 is 16.7 Å². The number of halogens is 1. The predicted molar refractivity (Wildman–Crippen MR) is 80.7 cm³/mol. The van der Waals surface area contributed by atoms with Crippen LogP contribution in [0.3, 0.4) is 0 Å². The Kier molecular flexibility index (Phi) is 5.03. The summed E-state index contributed by atoms with van der Waals surface area (Å²) in [7, 11) is 1.34. The first-order valence-electron chi connectivity index (χ1n) is 6.48. The second-order valence-electron chi connectivity index (χ2n) is 4.37. The first kappa shape index (κ1) is 16.2. The van der Waals surface area contributed by atoms with Gasteiger partial charge in [-0.05, 0) is 18.2 Å². The van der Waals surface area contributed by atoms with Gasteiger partial charge in [0.05, 0.1) is 18.1 Å². The van der Waals surface area contributed by atoms with Gasteiger partial charge >= 0.3 is 5.97 Å². The molecule has 2 rings (SSSR count). The van der Waals surface area contributed by atoms with Crippen molar-refractivity contribution >= 4 is 17.7 Å². The topological polar surface area (TPSA) is 78.7 Å². The zero-order valence-corrected chi connectivity index (χ0v) is 12.1. The van der Waals surface area contributed by atoms with Crippen LogP contribution in [-0.2, 0) is 4.79 Å². The minimum Gasteiger partial charge on any atom is -0.493 e. The number of nitro benzene ring substituents is 1. The third-order valence-electron chi connectivity index (χ3n) is 2.87. The van der Waals surface area contributed by atoms with Crippen molar-refractivity contribution in [3.05, 3.63) is 70.0 Å². The molecule has 0 radical (unpaired) electrons. The number of nitrogens with zero attached hydrogens (tertiary/aromatic N) is 1. The van der Waals surface area contributed by atoms with Crippen LogP contribution < -0.4 is 9.47 Å². The predicted octanol–water partition coefficient (Wildman–Crippen LogP) is 3.36. The zero-order chi connectivity index (χ0) is 16.8. The largest absolute Gasteiger partial charge is 0.493 e. The molecule has 0 spiro atoms. The lowest BCUT2D eigenvalue weighted by Gasteiger charge is -2.07. The number of esters is 1. The monoisotopic (exact) mass is 317 g/mol. The van der Waals surface area contributed by atoms with Crippen molar-refractivity contribution in [3.8, 4) is 11.5 Å². The molecule has 0 heterocycles. The van der Waals surface area contributed by atoms with Gasteiger partial charge in [-0.3, -0.25) is 10.1 Å². The molecule has 0 saturated carbocycles. The maximum Gasteiger partial charge on any atom is 0.336 e. The molecule has 0 atom stereocenters. The SMILES string of the molecule is COc1ccc([N+](=O)[O-])cc1OC(=O)/C=C/c1ccccc1F. The van der Waals surface area contributed by atoms with Crippen LogP contribution in [0.1, 0.15) is 5.56 Å². The van der Waals surface area contributed by atoms with Gasteiger partial charge in [-0.25, -0.2) is 9.18 Å². The molecule has 6 nitrogen and oxygen atoms in total. The number of hydrogen-bond acceptors (Lipinski definition) is 5. The van der Waals surface area contributed by atoms with E-state index in [0.717, 1.165) is 12.1 Å². The van der Waals surface area contributed by atoms with Gasteiger partial charge in [-0.2, -0.15) is 0 Å². The van der Waals surface area contributed by atoms with Gasteiger partial charge < -0.3 is 9.47 Å². The van der Waals surface area contributed by atoms with E-state index in [2.05, 4.69) is 0 Å². The van der Waals surface area contributed by atoms with Gasteiger partial charge in [0.25, 0.3) is 5.69 Å². The first-order valence-corrected chi connectivity index (χ1v) is 6.48. The molecule has 118 valence electrons. The Bertz CT molecular complexity index is 773. The van der Waals surface area contributed by atoms with E-state index in [9.17, 15) is 19.3 Å². The van der Waals surface area contributed by atoms with Gasteiger partial charge in [-0.1, -0.05) is 18.2 Å². The van der Waals surface area contributed by atoms with Crippen molar-refractivity contribution in [2.24, 2.45) is 0 Å². The first-order chi connectivity index (χ1) is 11.0. The lowest BCUT2D eigenvalue weighted by molar-refractivity contribution is -0.384. The molecule has 7 heteroatoms. The molecule has 0 saturated heterocycles. The van der Waals surface area contributed by atoms with E-state index in [1.54, 1.807) is 6.07 Å². The average molecular weight is 317 g/mol. The van der Waals surface area contributed by atoms with Crippen molar-refractivity contribution in [3.63, 3.8) is 0 Å². The van der Waals surface area contributed by atoms with Crippen molar-refractivity contribution < 1.29 is 23.6 Å². The summed E-state index contributed by atoms with van der Waals surface area (Å²) in [5, 5.41) is 10.8. The summed E-state index contributed by atoms with van der Waals surface area (Å²) < 4.78 is 23.4. The molecule has 0 amide bonds. The summed E-state index contributed by atoms with van der Waals surface area (Å²) in [4.78, 5) is 21.9. The molecule has 0 aromatic heterocycles. The fourth-order valence-electron chi connectivity index (χ4n) is 1.77. The molecular formula is C16H12FNO5. The number of carbonyl (C=O) groups is 1. The van der Waals surface area contributed by atoms with E-state index in [1.165, 1.54) is 43.5 Å². The van der Waals surface area contributed by atoms with Gasteiger partial charge in [0, 0.05) is 17.7 Å². The van der Waals surface area contributed by atoms with E-state index in [4.69, 9.17) is 9.47 Å². The lowest BCUT2D eigenvalue weighted by Crippen LogP contribution is -2.05. The number of ether oxygens (including phenoxy) is 2. The van der Waals surface area contributed by atoms with Gasteiger partial charge in [0.2, 0.25) is 0 Å². The van der Waals surface area contributed by atoms with Gasteiger partial charge in [0.1, 0.15) is 5.82 Å². The molecule has 0 bridgehead atoms. The molecule has 23 heavy (non-hydrogen) atoms. The summed E-state index contributed by atoms with van der Waals surface area (Å²) in [5.74, 6) is -1.22. The fourth-order valence-corrected chi connectivity index (χ4v) is 1.77. The van der Waals surface area contributed by atoms with Crippen LogP contribution in [0.25, 0.3) is 6.08 Å². The number of benzene rings is 2. The van der Waals surface area contributed by atoms with Gasteiger partial charge in [0.15, 0.2) is 11.5 Å².